The first-order chi connectivity index (χ1) is 7.56. The van der Waals surface area contributed by atoms with Crippen molar-refractivity contribution in [1.29, 1.82) is 0 Å². The van der Waals surface area contributed by atoms with Crippen molar-refractivity contribution < 1.29 is 14.7 Å². The van der Waals surface area contributed by atoms with Crippen LogP contribution in [0.3, 0.4) is 0 Å². The van der Waals surface area contributed by atoms with Gasteiger partial charge in [0.05, 0.1) is 11.0 Å². The van der Waals surface area contributed by atoms with Gasteiger partial charge in [-0.1, -0.05) is 13.0 Å². The molecule has 0 aliphatic rings. The fourth-order valence-corrected chi connectivity index (χ4v) is 1.20. The van der Waals surface area contributed by atoms with Crippen LogP contribution in [0.2, 0.25) is 0 Å². The lowest BCUT2D eigenvalue weighted by atomic mass is 9.74. The molecule has 0 aromatic rings. The van der Waals surface area contributed by atoms with Crippen molar-refractivity contribution in [3.05, 3.63) is 11.6 Å². The lowest BCUT2D eigenvalue weighted by molar-refractivity contribution is -0.151. The van der Waals surface area contributed by atoms with Crippen LogP contribution in [-0.4, -0.2) is 22.5 Å². The Balaban J connectivity index is 4.95. The van der Waals surface area contributed by atoms with Gasteiger partial charge in [0.2, 0.25) is 5.91 Å². The number of aliphatic carboxylic acids is 1. The van der Waals surface area contributed by atoms with E-state index in [0.717, 1.165) is 6.42 Å². The molecule has 98 valence electrons. The largest absolute Gasteiger partial charge is 0.481 e. The molecule has 0 aliphatic carbocycles. The number of carboxylic acid groups (broad SMARTS) is 1. The Morgan fingerprint density at radius 2 is 1.71 bits per heavy atom. The van der Waals surface area contributed by atoms with Crippen molar-refractivity contribution in [2.24, 2.45) is 5.41 Å². The third kappa shape index (κ3) is 3.58. The zero-order valence-corrected chi connectivity index (χ0v) is 11.5. The summed E-state index contributed by atoms with van der Waals surface area (Å²) in [6.07, 6.45) is 2.60. The number of amides is 1. The molecule has 0 aromatic carbocycles. The molecule has 0 heterocycles. The lowest BCUT2D eigenvalue weighted by Crippen LogP contribution is -2.57. The average Bonchev–Trinajstić information content (AvgIpc) is 2.16. The maximum atomic E-state index is 11.8. The highest BCUT2D eigenvalue weighted by atomic mass is 16.4. The van der Waals surface area contributed by atoms with Crippen molar-refractivity contribution >= 4 is 11.9 Å². The smallest absolute Gasteiger partial charge is 0.311 e. The summed E-state index contributed by atoms with van der Waals surface area (Å²) in [4.78, 5) is 23.0. The molecule has 0 unspecified atom stereocenters. The molecule has 1 amide bonds. The number of carbonyl (C=O) groups excluding carboxylic acids is 1. The second-order valence-corrected chi connectivity index (χ2v) is 5.30. The van der Waals surface area contributed by atoms with E-state index in [9.17, 15) is 9.59 Å². The van der Waals surface area contributed by atoms with Crippen LogP contribution in [0.5, 0.6) is 0 Å². The standard InChI is InChI=1S/C13H23NO3/c1-7-8-9(2)10(15)14-13(5,6)12(3,4)11(16)17/h8H,7H2,1-6H3,(H,14,15)(H,16,17)/b9-8-. The molecule has 0 fully saturated rings. The van der Waals surface area contributed by atoms with Gasteiger partial charge in [-0.25, -0.2) is 0 Å². The van der Waals surface area contributed by atoms with E-state index >= 15 is 0 Å². The Morgan fingerprint density at radius 3 is 2.06 bits per heavy atom. The first kappa shape index (κ1) is 15.7. The van der Waals surface area contributed by atoms with Gasteiger partial charge >= 0.3 is 5.97 Å². The maximum absolute atomic E-state index is 11.8. The number of carboxylic acids is 1. The van der Waals surface area contributed by atoms with Gasteiger partial charge in [-0.2, -0.15) is 0 Å². The van der Waals surface area contributed by atoms with Gasteiger partial charge in [-0.05, 0) is 41.0 Å². The molecule has 0 aliphatic heterocycles. The normalized spacial score (nSPS) is 13.4. The van der Waals surface area contributed by atoms with Crippen molar-refractivity contribution in [2.45, 2.75) is 53.5 Å². The first-order valence-corrected chi connectivity index (χ1v) is 5.79. The Labute approximate surface area is 103 Å². The molecule has 0 bridgehead atoms. The third-order valence-corrected chi connectivity index (χ3v) is 3.39. The maximum Gasteiger partial charge on any atom is 0.311 e. The van der Waals surface area contributed by atoms with Crippen molar-refractivity contribution in [3.8, 4) is 0 Å². The average molecular weight is 241 g/mol. The van der Waals surface area contributed by atoms with Crippen LogP contribution < -0.4 is 5.32 Å². The molecular weight excluding hydrogens is 218 g/mol. The minimum absolute atomic E-state index is 0.217. The summed E-state index contributed by atoms with van der Waals surface area (Å²) in [5, 5.41) is 11.9. The number of allylic oxidation sites excluding steroid dienone is 1. The van der Waals surface area contributed by atoms with E-state index in [1.807, 2.05) is 13.0 Å². The van der Waals surface area contributed by atoms with Crippen LogP contribution in [0.25, 0.3) is 0 Å². The molecule has 0 spiro atoms. The monoisotopic (exact) mass is 241 g/mol. The summed E-state index contributed by atoms with van der Waals surface area (Å²) in [5.41, 5.74) is -1.24. The van der Waals surface area contributed by atoms with E-state index < -0.39 is 16.9 Å². The SMILES string of the molecule is CC/C=C(/C)C(=O)NC(C)(C)C(C)(C)C(=O)O. The minimum atomic E-state index is -1.03. The highest BCUT2D eigenvalue weighted by molar-refractivity contribution is 5.93. The van der Waals surface area contributed by atoms with Crippen LogP contribution in [0.15, 0.2) is 11.6 Å². The molecule has 0 saturated carbocycles. The summed E-state index contributed by atoms with van der Waals surface area (Å²) < 4.78 is 0. The van der Waals surface area contributed by atoms with E-state index in [1.165, 1.54) is 0 Å². The zero-order chi connectivity index (χ0) is 13.9. The topological polar surface area (TPSA) is 66.4 Å². The predicted octanol–water partition coefficient (Wildman–Crippen LogP) is 2.35. The van der Waals surface area contributed by atoms with Gasteiger partial charge in [0.15, 0.2) is 0 Å². The summed E-state index contributed by atoms with van der Waals surface area (Å²) >= 11 is 0. The van der Waals surface area contributed by atoms with Gasteiger partial charge < -0.3 is 10.4 Å². The number of hydrogen-bond acceptors (Lipinski definition) is 2. The van der Waals surface area contributed by atoms with Crippen molar-refractivity contribution in [3.63, 3.8) is 0 Å². The first-order valence-electron chi connectivity index (χ1n) is 5.79. The fraction of sp³-hybridized carbons (Fsp3) is 0.692. The Morgan fingerprint density at radius 1 is 1.24 bits per heavy atom. The molecule has 0 atom stereocenters. The van der Waals surface area contributed by atoms with Crippen LogP contribution >= 0.6 is 0 Å². The van der Waals surface area contributed by atoms with Crippen molar-refractivity contribution in [1.82, 2.24) is 5.32 Å². The molecular formula is C13H23NO3. The Kier molecular flexibility index (Phi) is 4.93. The number of nitrogens with one attached hydrogen (secondary N) is 1. The minimum Gasteiger partial charge on any atom is -0.481 e. The van der Waals surface area contributed by atoms with Crippen LogP contribution in [0, 0.1) is 5.41 Å². The zero-order valence-electron chi connectivity index (χ0n) is 11.5. The highest BCUT2D eigenvalue weighted by Gasteiger charge is 2.44. The van der Waals surface area contributed by atoms with Gasteiger partial charge in [-0.3, -0.25) is 9.59 Å². The molecule has 0 rings (SSSR count). The molecule has 17 heavy (non-hydrogen) atoms. The van der Waals surface area contributed by atoms with E-state index in [1.54, 1.807) is 34.6 Å². The summed E-state index contributed by atoms with van der Waals surface area (Å²) in [6, 6.07) is 0. The van der Waals surface area contributed by atoms with Gasteiger partial charge in [0, 0.05) is 5.57 Å². The fourth-order valence-electron chi connectivity index (χ4n) is 1.20. The van der Waals surface area contributed by atoms with Crippen LogP contribution in [0.1, 0.15) is 48.0 Å². The number of carbonyl (C=O) groups is 2. The van der Waals surface area contributed by atoms with Crippen molar-refractivity contribution in [2.75, 3.05) is 0 Å². The lowest BCUT2D eigenvalue weighted by Gasteiger charge is -2.38. The van der Waals surface area contributed by atoms with E-state index in [4.69, 9.17) is 5.11 Å². The molecule has 0 aromatic heterocycles. The van der Waals surface area contributed by atoms with E-state index in [2.05, 4.69) is 5.32 Å². The number of hydrogen-bond donors (Lipinski definition) is 2. The number of rotatable bonds is 5. The van der Waals surface area contributed by atoms with Gasteiger partial charge in [-0.15, -0.1) is 0 Å². The van der Waals surface area contributed by atoms with Crippen LogP contribution in [-0.2, 0) is 9.59 Å². The van der Waals surface area contributed by atoms with Gasteiger partial charge in [0.25, 0.3) is 0 Å². The molecule has 4 heteroatoms. The predicted molar refractivity (Wildman–Crippen MR) is 67.7 cm³/mol. The summed E-state index contributed by atoms with van der Waals surface area (Å²) in [5.74, 6) is -1.15. The molecule has 0 saturated heterocycles. The Hall–Kier alpha value is -1.32. The Bertz CT molecular complexity index is 341. The van der Waals surface area contributed by atoms with Gasteiger partial charge in [0.1, 0.15) is 0 Å². The second kappa shape index (κ2) is 5.34. The highest BCUT2D eigenvalue weighted by Crippen LogP contribution is 2.30. The molecule has 0 radical (unpaired) electrons. The molecule has 2 N–H and O–H groups in total. The molecule has 4 nitrogen and oxygen atoms in total. The third-order valence-electron chi connectivity index (χ3n) is 3.39. The summed E-state index contributed by atoms with van der Waals surface area (Å²) in [6.45, 7) is 10.3. The van der Waals surface area contributed by atoms with Crippen LogP contribution in [0.4, 0.5) is 0 Å². The summed E-state index contributed by atoms with van der Waals surface area (Å²) in [7, 11) is 0. The van der Waals surface area contributed by atoms with E-state index in [0.29, 0.717) is 5.57 Å². The quantitative estimate of drug-likeness (QED) is 0.726. The van der Waals surface area contributed by atoms with E-state index in [-0.39, 0.29) is 5.91 Å². The second-order valence-electron chi connectivity index (χ2n) is 5.30.